The molecule has 20 heteroatoms. The number of nitrogens with zero attached hydrogens (tertiary/aromatic N) is 16. The standard InChI is InChI=1S/3C22H22N4O.C20H18N4O/c2*1-13(2)25-15(4)26(18-8-6-11-23-21(18)25)19-14(3)9-10-16-17-7-5-12-24-22(17)27-20(16)19;1-13(2)25-15(4)26(21-18(25)8-6-11-23-21)19-14(3)9-10-16-17-7-5-12-24-22(17)27-20(16)19;1-12-8-9-14-15-6-4-11-22-20(15)25-18(14)17(12)24-13(2)23(3)19-16(24)7-5-10-21-19/h3*5-13,15H,1-4H3;4-11,13H,1-3H3/i1D3,13D;13D;1D3,13D;3D3. The fourth-order valence-corrected chi connectivity index (χ4v) is 16.0. The van der Waals surface area contributed by atoms with Gasteiger partial charge in [-0.2, -0.15) is 0 Å². The van der Waals surface area contributed by atoms with Gasteiger partial charge in [0.2, 0.25) is 22.9 Å². The molecule has 12 aromatic heterocycles. The van der Waals surface area contributed by atoms with E-state index in [4.69, 9.17) is 34.1 Å². The number of hydrogen-bond donors (Lipinski definition) is 0. The summed E-state index contributed by atoms with van der Waals surface area (Å²) in [5, 5.41) is 7.64. The van der Waals surface area contributed by atoms with Crippen molar-refractivity contribution in [2.75, 3.05) is 46.2 Å². The Morgan fingerprint density at radius 1 is 0.311 bits per heavy atom. The van der Waals surface area contributed by atoms with E-state index in [1.807, 2.05) is 196 Å². The van der Waals surface area contributed by atoms with Crippen LogP contribution in [0.1, 0.15) is 108 Å². The highest BCUT2D eigenvalue weighted by atomic mass is 16.4. The van der Waals surface area contributed by atoms with Crippen LogP contribution in [0.5, 0.6) is 0 Å². The van der Waals surface area contributed by atoms with Crippen molar-refractivity contribution < 1.29 is 34.1 Å². The van der Waals surface area contributed by atoms with Gasteiger partial charge in [-0.3, -0.25) is 0 Å². The van der Waals surface area contributed by atoms with Crippen molar-refractivity contribution in [2.24, 2.45) is 0 Å². The first-order chi connectivity index (χ1) is 56.0. The molecule has 0 N–H and O–H groups in total. The predicted molar refractivity (Wildman–Crippen MR) is 430 cm³/mol. The summed E-state index contributed by atoms with van der Waals surface area (Å²) in [5.74, 6) is 2.33. The lowest BCUT2D eigenvalue weighted by molar-refractivity contribution is 0.597. The minimum absolute atomic E-state index is 0.0807. The summed E-state index contributed by atoms with van der Waals surface area (Å²) in [6, 6.07) is 42.3. The molecule has 0 aliphatic carbocycles. The minimum atomic E-state index is -2.53. The molecule has 0 fully saturated rings. The van der Waals surface area contributed by atoms with Crippen LogP contribution >= 0.6 is 0 Å². The van der Waals surface area contributed by atoms with Crippen LogP contribution in [0.25, 0.3) is 88.3 Å². The maximum Gasteiger partial charge on any atom is 0.227 e. The number of benzene rings is 4. The van der Waals surface area contributed by atoms with Gasteiger partial charge in [-0.15, -0.1) is 0 Å². The molecular weight excluding hydrogens is 1320 g/mol. The number of aromatic nitrogens is 8. The van der Waals surface area contributed by atoms with Crippen LogP contribution in [-0.2, 0) is 0 Å². The molecule has 0 amide bonds. The lowest BCUT2D eigenvalue weighted by Crippen LogP contribution is -2.42. The summed E-state index contributed by atoms with van der Waals surface area (Å²) in [6.07, 6.45) is 12.0. The van der Waals surface area contributed by atoms with Crippen molar-refractivity contribution in [1.29, 1.82) is 0 Å². The Labute approximate surface area is 631 Å². The van der Waals surface area contributed by atoms with Crippen molar-refractivity contribution in [3.8, 4) is 0 Å². The van der Waals surface area contributed by atoms with Gasteiger partial charge in [0.25, 0.3) is 0 Å². The van der Waals surface area contributed by atoms with E-state index < -0.39 is 57.2 Å². The van der Waals surface area contributed by atoms with Gasteiger partial charge in [0.05, 0.1) is 49.6 Å². The summed E-state index contributed by atoms with van der Waals surface area (Å²) in [6.45, 7) is 15.1. The van der Waals surface area contributed by atoms with Crippen LogP contribution in [0, 0.1) is 27.7 Å². The fraction of sp³-hybridized carbons (Fsp3) is 0.256. The van der Waals surface area contributed by atoms with Crippen LogP contribution < -0.4 is 39.2 Å². The summed E-state index contributed by atoms with van der Waals surface area (Å²) in [7, 11) is 0. The molecule has 4 aliphatic rings. The Balaban J connectivity index is 0.000000113. The number of anilines is 12. The molecule has 16 heterocycles. The van der Waals surface area contributed by atoms with Crippen LogP contribution in [-0.4, -0.2) is 89.6 Å². The fourth-order valence-electron chi connectivity index (χ4n) is 16.0. The summed E-state index contributed by atoms with van der Waals surface area (Å²) < 4.78 is 123. The van der Waals surface area contributed by atoms with Gasteiger partial charge in [-0.05, 0) is 216 Å². The van der Waals surface area contributed by atoms with E-state index in [-0.39, 0.29) is 6.17 Å². The summed E-state index contributed by atoms with van der Waals surface area (Å²) in [4.78, 5) is 50.3. The normalized spacial score (nSPS) is 20.0. The van der Waals surface area contributed by atoms with Crippen LogP contribution in [0.4, 0.5) is 68.8 Å². The summed E-state index contributed by atoms with van der Waals surface area (Å²) >= 11 is 0. The van der Waals surface area contributed by atoms with Crippen LogP contribution in [0.2, 0.25) is 0 Å². The van der Waals surface area contributed by atoms with E-state index in [9.17, 15) is 0 Å². The molecular formula is C86H84N16O4. The van der Waals surface area contributed by atoms with Crippen molar-refractivity contribution in [1.82, 2.24) is 39.9 Å². The summed E-state index contributed by atoms with van der Waals surface area (Å²) in [5.41, 5.74) is 15.7. The molecule has 4 aromatic carbocycles. The number of aryl methyl sites for hydroxylation is 4. The maximum absolute atomic E-state index is 8.77. The van der Waals surface area contributed by atoms with Crippen molar-refractivity contribution in [2.45, 2.75) is 140 Å². The third-order valence-electron chi connectivity index (χ3n) is 20.5. The SMILES string of the molecule is [2H]C(C)(C)N1c2ncccc2N(c2c(C)ccc3c2oc2ncccc23)C1C.[2H]C([2H])([2H])C([2H])(C)N1c2cccnc2N(c2c(C)ccc3c2oc2ncccc23)C1C.[2H]C([2H])([2H])C([2H])(C)N1c2ncccc2N(c2c(C)ccc3c2oc2ncccc23)C1C.[2H]C([2H])([2H])N1c2ncccc2N(c2c(C)ccc3c2oc2ncccc23)C1C. The van der Waals surface area contributed by atoms with Gasteiger partial charge in [0, 0.05) is 130 Å². The Morgan fingerprint density at radius 2 is 0.604 bits per heavy atom. The third kappa shape index (κ3) is 10.5. The van der Waals surface area contributed by atoms with Gasteiger partial charge in [0.15, 0.2) is 45.6 Å². The van der Waals surface area contributed by atoms with E-state index in [0.717, 1.165) is 117 Å². The molecule has 20 nitrogen and oxygen atoms in total. The maximum atomic E-state index is 8.77. The van der Waals surface area contributed by atoms with E-state index in [2.05, 4.69) is 76.8 Å². The van der Waals surface area contributed by atoms with Crippen molar-refractivity contribution in [3.05, 3.63) is 217 Å². The van der Waals surface area contributed by atoms with Gasteiger partial charge < -0.3 is 56.9 Å². The van der Waals surface area contributed by atoms with E-state index >= 15 is 0 Å². The van der Waals surface area contributed by atoms with Crippen LogP contribution in [0.15, 0.2) is 213 Å². The molecule has 6 unspecified atom stereocenters. The minimum Gasteiger partial charge on any atom is -0.435 e. The number of furan rings is 4. The number of rotatable bonds is 7. The molecule has 106 heavy (non-hydrogen) atoms. The Morgan fingerprint density at radius 3 is 0.972 bits per heavy atom. The molecule has 0 radical (unpaired) electrons. The molecule has 0 spiro atoms. The van der Waals surface area contributed by atoms with Gasteiger partial charge in [0.1, 0.15) is 24.7 Å². The molecule has 0 bridgehead atoms. The zero-order valence-electron chi connectivity index (χ0n) is 72.6. The first-order valence-electron chi connectivity index (χ1n) is 41.2. The van der Waals surface area contributed by atoms with E-state index in [1.165, 1.54) is 18.7 Å². The average molecular weight is 1420 g/mol. The average Bonchev–Trinajstić information content (AvgIpc) is 1.57. The van der Waals surface area contributed by atoms with Crippen molar-refractivity contribution >= 4 is 157 Å². The topological polar surface area (TPSA) is 182 Å². The lowest BCUT2D eigenvalue weighted by Gasteiger charge is -2.33. The van der Waals surface area contributed by atoms with Gasteiger partial charge in [-0.25, -0.2) is 39.9 Å². The predicted octanol–water partition coefficient (Wildman–Crippen LogP) is 20.8. The first kappa shape index (κ1) is 54.3. The molecule has 4 aliphatic heterocycles. The second-order valence-electron chi connectivity index (χ2n) is 27.3. The third-order valence-corrected chi connectivity index (χ3v) is 20.5. The van der Waals surface area contributed by atoms with Gasteiger partial charge >= 0.3 is 0 Å². The Kier molecular flexibility index (Phi) is 13.4. The zero-order chi connectivity index (χ0) is 83.5. The molecule has 0 saturated carbocycles. The lowest BCUT2D eigenvalue weighted by atomic mass is 10.1. The molecule has 16 aromatic rings. The van der Waals surface area contributed by atoms with E-state index in [1.54, 1.807) is 65.4 Å². The second kappa shape index (κ2) is 26.1. The first-order valence-corrected chi connectivity index (χ1v) is 35.2. The molecule has 6 atom stereocenters. The monoisotopic (exact) mass is 1420 g/mol. The molecule has 0 saturated heterocycles. The van der Waals surface area contributed by atoms with Crippen molar-refractivity contribution in [3.63, 3.8) is 0 Å². The number of hydrogen-bond acceptors (Lipinski definition) is 20. The number of fused-ring (bicyclic) bond motifs is 16. The Bertz CT molecular complexity index is 6240. The van der Waals surface area contributed by atoms with E-state index in [0.29, 0.717) is 62.7 Å². The highest BCUT2D eigenvalue weighted by Gasteiger charge is 2.42. The second-order valence-corrected chi connectivity index (χ2v) is 27.3. The highest BCUT2D eigenvalue weighted by molar-refractivity contribution is 6.13. The van der Waals surface area contributed by atoms with Gasteiger partial charge in [-0.1, -0.05) is 48.5 Å². The largest absolute Gasteiger partial charge is 0.435 e. The smallest absolute Gasteiger partial charge is 0.227 e. The highest BCUT2D eigenvalue weighted by Crippen LogP contribution is 2.53. The number of pyridine rings is 8. The molecule has 532 valence electrons. The zero-order valence-corrected chi connectivity index (χ0v) is 60.6. The Hall–Kier alpha value is -12.3. The quantitative estimate of drug-likeness (QED) is 0.147. The molecule has 20 rings (SSSR count). The van der Waals surface area contributed by atoms with Crippen LogP contribution in [0.3, 0.4) is 0 Å².